The van der Waals surface area contributed by atoms with Crippen LogP contribution in [0.3, 0.4) is 0 Å². The Morgan fingerprint density at radius 1 is 1.06 bits per heavy atom. The number of fused-ring (bicyclic) bond motifs is 1. The van der Waals surface area contributed by atoms with Gasteiger partial charge in [0.1, 0.15) is 17.7 Å². The van der Waals surface area contributed by atoms with E-state index in [-0.39, 0.29) is 0 Å². The van der Waals surface area contributed by atoms with E-state index >= 15 is 0 Å². The molecule has 0 amide bonds. The maximum absolute atomic E-state index is 4.45. The molecule has 0 unspecified atom stereocenters. The molecule has 0 atom stereocenters. The molecule has 0 spiro atoms. The molecule has 0 bridgehead atoms. The summed E-state index contributed by atoms with van der Waals surface area (Å²) < 4.78 is 0. The van der Waals surface area contributed by atoms with E-state index in [1.807, 2.05) is 6.07 Å². The summed E-state index contributed by atoms with van der Waals surface area (Å²) in [5.41, 5.74) is 2.96. The molecule has 0 aliphatic rings. The maximum atomic E-state index is 4.45. The number of benzene rings is 1. The first-order valence-corrected chi connectivity index (χ1v) is 5.60. The van der Waals surface area contributed by atoms with Crippen molar-refractivity contribution in [1.29, 1.82) is 0 Å². The largest absolute Gasteiger partial charge is 0.327 e. The molecule has 3 rings (SSSR count). The third-order valence-corrected chi connectivity index (χ3v) is 2.70. The molecule has 2 heterocycles. The van der Waals surface area contributed by atoms with E-state index in [0.29, 0.717) is 0 Å². The van der Waals surface area contributed by atoms with Crippen molar-refractivity contribution in [2.75, 3.05) is 0 Å². The van der Waals surface area contributed by atoms with Crippen molar-refractivity contribution in [1.82, 2.24) is 19.9 Å². The number of nitrogens with one attached hydrogen (secondary N) is 1. The van der Waals surface area contributed by atoms with Gasteiger partial charge in [-0.1, -0.05) is 30.3 Å². The number of imidazole rings is 1. The molecule has 2 aromatic heterocycles. The van der Waals surface area contributed by atoms with E-state index in [9.17, 15) is 0 Å². The van der Waals surface area contributed by atoms with Crippen LogP contribution < -0.4 is 0 Å². The highest BCUT2D eigenvalue weighted by Gasteiger charge is 2.03. The zero-order valence-corrected chi connectivity index (χ0v) is 9.30. The third-order valence-electron chi connectivity index (χ3n) is 2.70. The number of aryl methyl sites for hydroxylation is 2. The van der Waals surface area contributed by atoms with Crippen molar-refractivity contribution in [2.45, 2.75) is 12.8 Å². The summed E-state index contributed by atoms with van der Waals surface area (Å²) in [6, 6.07) is 10.4. The fraction of sp³-hybridized carbons (Fsp3) is 0.154. The van der Waals surface area contributed by atoms with Gasteiger partial charge >= 0.3 is 0 Å². The number of aromatic amines is 1. The quantitative estimate of drug-likeness (QED) is 0.741. The van der Waals surface area contributed by atoms with Gasteiger partial charge in [-0.2, -0.15) is 0 Å². The molecule has 3 aromatic rings. The number of rotatable bonds is 3. The summed E-state index contributed by atoms with van der Waals surface area (Å²) in [7, 11) is 0. The van der Waals surface area contributed by atoms with Gasteiger partial charge in [-0.3, -0.25) is 0 Å². The highest BCUT2D eigenvalue weighted by molar-refractivity contribution is 5.68. The Morgan fingerprint density at radius 3 is 2.76 bits per heavy atom. The number of aromatic nitrogens is 4. The standard InChI is InChI=1S/C13H12N4/c1-2-4-10(5-3-1)6-7-12-16-11-8-14-9-15-13(11)17-12/h1-5,8-9H,6-7H2,(H,14,15,16,17). The average molecular weight is 224 g/mol. The SMILES string of the molecule is c1ccc(CCc2nc3cncnc3[nH]2)cc1. The van der Waals surface area contributed by atoms with E-state index < -0.39 is 0 Å². The Hall–Kier alpha value is -2.23. The minimum absolute atomic E-state index is 0.808. The minimum Gasteiger partial charge on any atom is -0.327 e. The average Bonchev–Trinajstić information content (AvgIpc) is 2.80. The molecule has 0 aliphatic heterocycles. The highest BCUT2D eigenvalue weighted by atomic mass is 15.0. The lowest BCUT2D eigenvalue weighted by atomic mass is 10.1. The normalized spacial score (nSPS) is 10.8. The molecule has 0 saturated carbocycles. The van der Waals surface area contributed by atoms with E-state index in [1.165, 1.54) is 11.9 Å². The molecule has 84 valence electrons. The lowest BCUT2D eigenvalue weighted by Gasteiger charge is -1.97. The van der Waals surface area contributed by atoms with Crippen LogP contribution in [0.25, 0.3) is 11.2 Å². The van der Waals surface area contributed by atoms with Crippen molar-refractivity contribution in [3.05, 3.63) is 54.2 Å². The predicted octanol–water partition coefficient (Wildman–Crippen LogP) is 2.14. The second-order valence-corrected chi connectivity index (χ2v) is 3.93. The van der Waals surface area contributed by atoms with Gasteiger partial charge < -0.3 is 4.98 Å². The molecule has 1 aromatic carbocycles. The lowest BCUT2D eigenvalue weighted by molar-refractivity contribution is 0.889. The highest BCUT2D eigenvalue weighted by Crippen LogP contribution is 2.09. The van der Waals surface area contributed by atoms with E-state index in [0.717, 1.165) is 29.8 Å². The van der Waals surface area contributed by atoms with E-state index in [1.54, 1.807) is 6.20 Å². The molecule has 0 saturated heterocycles. The molecule has 0 radical (unpaired) electrons. The van der Waals surface area contributed by atoms with Crippen LogP contribution in [-0.2, 0) is 12.8 Å². The van der Waals surface area contributed by atoms with Crippen LogP contribution in [0.15, 0.2) is 42.9 Å². The Kier molecular flexibility index (Phi) is 2.54. The lowest BCUT2D eigenvalue weighted by Crippen LogP contribution is -1.92. The van der Waals surface area contributed by atoms with Crippen LogP contribution >= 0.6 is 0 Å². The first kappa shape index (κ1) is 9.96. The molecule has 0 fully saturated rings. The summed E-state index contributed by atoms with van der Waals surface area (Å²) >= 11 is 0. The van der Waals surface area contributed by atoms with Gasteiger partial charge in [0.05, 0.1) is 6.20 Å². The predicted molar refractivity (Wildman–Crippen MR) is 65.5 cm³/mol. The fourth-order valence-electron chi connectivity index (χ4n) is 1.84. The van der Waals surface area contributed by atoms with Crippen LogP contribution in [0.5, 0.6) is 0 Å². The molecule has 4 heteroatoms. The third kappa shape index (κ3) is 2.15. The van der Waals surface area contributed by atoms with Crippen molar-refractivity contribution < 1.29 is 0 Å². The van der Waals surface area contributed by atoms with Crippen LogP contribution in [0, 0.1) is 0 Å². The number of nitrogens with zero attached hydrogens (tertiary/aromatic N) is 3. The summed E-state index contributed by atoms with van der Waals surface area (Å²) in [5, 5.41) is 0. The molecule has 1 N–H and O–H groups in total. The summed E-state index contributed by atoms with van der Waals surface area (Å²) in [6.07, 6.45) is 5.13. The Bertz CT molecular complexity index is 582. The minimum atomic E-state index is 0.808. The summed E-state index contributed by atoms with van der Waals surface area (Å²) in [5.74, 6) is 0.962. The zero-order chi connectivity index (χ0) is 11.5. The van der Waals surface area contributed by atoms with Gasteiger partial charge in [0.15, 0.2) is 5.65 Å². The van der Waals surface area contributed by atoms with E-state index in [2.05, 4.69) is 44.2 Å². The van der Waals surface area contributed by atoms with Crippen LogP contribution in [0.4, 0.5) is 0 Å². The number of H-pyrrole nitrogens is 1. The topological polar surface area (TPSA) is 54.5 Å². The molecule has 4 nitrogen and oxygen atoms in total. The Labute approximate surface area is 98.8 Å². The molecule has 17 heavy (non-hydrogen) atoms. The second kappa shape index (κ2) is 4.33. The first-order valence-electron chi connectivity index (χ1n) is 5.60. The first-order chi connectivity index (χ1) is 8.42. The number of hydrogen-bond acceptors (Lipinski definition) is 3. The summed E-state index contributed by atoms with van der Waals surface area (Å²) in [6.45, 7) is 0. The monoisotopic (exact) mass is 224 g/mol. The molecular weight excluding hydrogens is 212 g/mol. The van der Waals surface area contributed by atoms with Gasteiger partial charge in [-0.25, -0.2) is 15.0 Å². The van der Waals surface area contributed by atoms with E-state index in [4.69, 9.17) is 0 Å². The Balaban J connectivity index is 1.77. The molecular formula is C13H12N4. The van der Waals surface area contributed by atoms with Crippen LogP contribution in [-0.4, -0.2) is 19.9 Å². The maximum Gasteiger partial charge on any atom is 0.160 e. The Morgan fingerprint density at radius 2 is 1.94 bits per heavy atom. The van der Waals surface area contributed by atoms with Gasteiger partial charge in [0.25, 0.3) is 0 Å². The van der Waals surface area contributed by atoms with Crippen LogP contribution in [0.1, 0.15) is 11.4 Å². The van der Waals surface area contributed by atoms with Gasteiger partial charge in [-0.15, -0.1) is 0 Å². The van der Waals surface area contributed by atoms with Crippen molar-refractivity contribution in [2.24, 2.45) is 0 Å². The van der Waals surface area contributed by atoms with Gasteiger partial charge in [0, 0.05) is 6.42 Å². The van der Waals surface area contributed by atoms with Crippen molar-refractivity contribution in [3.8, 4) is 0 Å². The van der Waals surface area contributed by atoms with Gasteiger partial charge in [0.2, 0.25) is 0 Å². The fourth-order valence-corrected chi connectivity index (χ4v) is 1.84. The second-order valence-electron chi connectivity index (χ2n) is 3.93. The zero-order valence-electron chi connectivity index (χ0n) is 9.30. The number of hydrogen-bond donors (Lipinski definition) is 1. The van der Waals surface area contributed by atoms with Gasteiger partial charge in [-0.05, 0) is 12.0 Å². The molecule has 0 aliphatic carbocycles. The van der Waals surface area contributed by atoms with Crippen molar-refractivity contribution >= 4 is 11.2 Å². The smallest absolute Gasteiger partial charge is 0.160 e. The summed E-state index contributed by atoms with van der Waals surface area (Å²) in [4.78, 5) is 15.7. The van der Waals surface area contributed by atoms with Crippen LogP contribution in [0.2, 0.25) is 0 Å². The van der Waals surface area contributed by atoms with Crippen molar-refractivity contribution in [3.63, 3.8) is 0 Å².